The van der Waals surface area contributed by atoms with E-state index in [2.05, 4.69) is 10.6 Å². The first-order valence-electron chi connectivity index (χ1n) is 5.35. The second-order valence-electron chi connectivity index (χ2n) is 4.03. The van der Waals surface area contributed by atoms with E-state index in [0.717, 1.165) is 19.5 Å². The van der Waals surface area contributed by atoms with Crippen molar-refractivity contribution in [3.8, 4) is 0 Å². The summed E-state index contributed by atoms with van der Waals surface area (Å²) < 4.78 is 1.44. The van der Waals surface area contributed by atoms with Crippen LogP contribution in [0.2, 0.25) is 0 Å². The van der Waals surface area contributed by atoms with Gasteiger partial charge < -0.3 is 15.2 Å². The van der Waals surface area contributed by atoms with Gasteiger partial charge in [0, 0.05) is 37.5 Å². The predicted octanol–water partition coefficient (Wildman–Crippen LogP) is -0.523. The van der Waals surface area contributed by atoms with Crippen molar-refractivity contribution in [2.45, 2.75) is 12.5 Å². The molecule has 2 rings (SSSR count). The van der Waals surface area contributed by atoms with E-state index in [1.165, 1.54) is 10.6 Å². The second-order valence-corrected chi connectivity index (χ2v) is 4.03. The van der Waals surface area contributed by atoms with Crippen LogP contribution in [0.4, 0.5) is 0 Å². The molecule has 1 aromatic heterocycles. The summed E-state index contributed by atoms with van der Waals surface area (Å²) in [5, 5.41) is 6.06. The first-order valence-corrected chi connectivity index (χ1v) is 5.35. The van der Waals surface area contributed by atoms with Crippen LogP contribution in [0, 0.1) is 0 Å². The van der Waals surface area contributed by atoms with Crippen LogP contribution in [0.1, 0.15) is 16.8 Å². The van der Waals surface area contributed by atoms with Gasteiger partial charge in [-0.3, -0.25) is 9.59 Å². The van der Waals surface area contributed by atoms with E-state index in [-0.39, 0.29) is 17.5 Å². The maximum atomic E-state index is 11.8. The molecule has 0 unspecified atom stereocenters. The van der Waals surface area contributed by atoms with Gasteiger partial charge in [-0.2, -0.15) is 0 Å². The molecule has 0 radical (unpaired) electrons. The number of hydrogen-bond donors (Lipinski definition) is 2. The van der Waals surface area contributed by atoms with E-state index in [1.807, 2.05) is 0 Å². The molecule has 5 heteroatoms. The number of nitrogens with one attached hydrogen (secondary N) is 2. The number of pyridine rings is 1. The number of aromatic nitrogens is 1. The summed E-state index contributed by atoms with van der Waals surface area (Å²) in [7, 11) is 1.66. The molecule has 2 N–H and O–H groups in total. The van der Waals surface area contributed by atoms with Crippen molar-refractivity contribution in [3.05, 3.63) is 34.2 Å². The highest BCUT2D eigenvalue weighted by Gasteiger charge is 2.17. The highest BCUT2D eigenvalue weighted by Crippen LogP contribution is 2.00. The van der Waals surface area contributed by atoms with Gasteiger partial charge in [-0.15, -0.1) is 0 Å². The van der Waals surface area contributed by atoms with Crippen LogP contribution in [0.25, 0.3) is 0 Å². The molecule has 5 nitrogen and oxygen atoms in total. The molecule has 16 heavy (non-hydrogen) atoms. The van der Waals surface area contributed by atoms with Crippen LogP contribution in [0.5, 0.6) is 0 Å². The average Bonchev–Trinajstić information content (AvgIpc) is 2.74. The van der Waals surface area contributed by atoms with Crippen molar-refractivity contribution in [2.75, 3.05) is 13.1 Å². The summed E-state index contributed by atoms with van der Waals surface area (Å²) in [6.45, 7) is 1.73. The Kier molecular flexibility index (Phi) is 3.05. The summed E-state index contributed by atoms with van der Waals surface area (Å²) in [5.74, 6) is -0.175. The Morgan fingerprint density at radius 3 is 3.06 bits per heavy atom. The molecule has 0 spiro atoms. The number of carbonyl (C=O) groups is 1. The zero-order valence-electron chi connectivity index (χ0n) is 9.19. The number of nitrogens with zero attached hydrogens (tertiary/aromatic N) is 1. The SMILES string of the molecule is Cn1ccc(C(=O)N[C@@H]2CCNC2)cc1=O. The van der Waals surface area contributed by atoms with Gasteiger partial charge in [0.1, 0.15) is 0 Å². The first kappa shape index (κ1) is 10.9. The Balaban J connectivity index is 2.08. The molecule has 0 aliphatic carbocycles. The maximum absolute atomic E-state index is 11.8. The number of amides is 1. The number of aryl methyl sites for hydroxylation is 1. The van der Waals surface area contributed by atoms with E-state index < -0.39 is 0 Å². The molecule has 1 amide bonds. The fourth-order valence-corrected chi connectivity index (χ4v) is 1.74. The van der Waals surface area contributed by atoms with E-state index in [4.69, 9.17) is 0 Å². The standard InChI is InChI=1S/C11H15N3O2/c1-14-5-3-8(6-10(14)15)11(16)13-9-2-4-12-7-9/h3,5-6,9,12H,2,4,7H2,1H3,(H,13,16)/t9-/m1/s1. The lowest BCUT2D eigenvalue weighted by Crippen LogP contribution is -2.36. The van der Waals surface area contributed by atoms with Gasteiger partial charge in [-0.25, -0.2) is 0 Å². The van der Waals surface area contributed by atoms with Crippen LogP contribution < -0.4 is 16.2 Å². The largest absolute Gasteiger partial charge is 0.348 e. The lowest BCUT2D eigenvalue weighted by atomic mass is 10.2. The van der Waals surface area contributed by atoms with E-state index in [9.17, 15) is 9.59 Å². The molecule has 1 atom stereocenters. The third-order valence-electron chi connectivity index (χ3n) is 2.76. The van der Waals surface area contributed by atoms with Crippen molar-refractivity contribution in [2.24, 2.45) is 7.05 Å². The van der Waals surface area contributed by atoms with Gasteiger partial charge in [-0.1, -0.05) is 0 Å². The highest BCUT2D eigenvalue weighted by molar-refractivity contribution is 5.94. The van der Waals surface area contributed by atoms with E-state index in [0.29, 0.717) is 5.56 Å². The van der Waals surface area contributed by atoms with Crippen LogP contribution in [0.3, 0.4) is 0 Å². The average molecular weight is 221 g/mol. The lowest BCUT2D eigenvalue weighted by Gasteiger charge is -2.11. The molecule has 0 saturated carbocycles. The van der Waals surface area contributed by atoms with Crippen LogP contribution in [0.15, 0.2) is 23.1 Å². The van der Waals surface area contributed by atoms with Gasteiger partial charge in [-0.05, 0) is 19.0 Å². The quantitative estimate of drug-likeness (QED) is 0.706. The summed E-state index contributed by atoms with van der Waals surface area (Å²) in [6, 6.07) is 3.19. The third-order valence-corrected chi connectivity index (χ3v) is 2.76. The fraction of sp³-hybridized carbons (Fsp3) is 0.455. The second kappa shape index (κ2) is 4.49. The monoisotopic (exact) mass is 221 g/mol. The molecule has 86 valence electrons. The van der Waals surface area contributed by atoms with Crippen molar-refractivity contribution in [1.29, 1.82) is 0 Å². The molecule has 0 bridgehead atoms. The molecule has 1 fully saturated rings. The Morgan fingerprint density at radius 1 is 1.62 bits per heavy atom. The smallest absolute Gasteiger partial charge is 0.251 e. The van der Waals surface area contributed by atoms with Gasteiger partial charge in [0.2, 0.25) is 0 Å². The molecule has 0 aromatic carbocycles. The summed E-state index contributed by atoms with van der Waals surface area (Å²) in [5.41, 5.74) is 0.257. The minimum absolute atomic E-state index is 0.169. The zero-order chi connectivity index (χ0) is 11.5. The summed E-state index contributed by atoms with van der Waals surface area (Å²) >= 11 is 0. The topological polar surface area (TPSA) is 63.1 Å². The minimum Gasteiger partial charge on any atom is -0.348 e. The Morgan fingerprint density at radius 2 is 2.44 bits per heavy atom. The summed E-state index contributed by atoms with van der Waals surface area (Å²) in [6.07, 6.45) is 2.54. The number of carbonyl (C=O) groups excluding carboxylic acids is 1. The highest BCUT2D eigenvalue weighted by atomic mass is 16.2. The number of rotatable bonds is 2. The zero-order valence-corrected chi connectivity index (χ0v) is 9.19. The molecule has 2 heterocycles. The normalized spacial score (nSPS) is 19.7. The molecule has 1 aliphatic rings. The fourth-order valence-electron chi connectivity index (χ4n) is 1.74. The third kappa shape index (κ3) is 2.30. The van der Waals surface area contributed by atoms with Crippen molar-refractivity contribution in [1.82, 2.24) is 15.2 Å². The van der Waals surface area contributed by atoms with Gasteiger partial charge in [0.15, 0.2) is 0 Å². The van der Waals surface area contributed by atoms with Gasteiger partial charge >= 0.3 is 0 Å². The Hall–Kier alpha value is -1.62. The Bertz CT molecular complexity index is 447. The van der Waals surface area contributed by atoms with Gasteiger partial charge in [0.05, 0.1) is 0 Å². The molecule has 1 aliphatic heterocycles. The lowest BCUT2D eigenvalue weighted by molar-refractivity contribution is 0.0940. The Labute approximate surface area is 93.5 Å². The van der Waals surface area contributed by atoms with E-state index in [1.54, 1.807) is 19.3 Å². The van der Waals surface area contributed by atoms with Crippen LogP contribution >= 0.6 is 0 Å². The van der Waals surface area contributed by atoms with Gasteiger partial charge in [0.25, 0.3) is 11.5 Å². The maximum Gasteiger partial charge on any atom is 0.251 e. The van der Waals surface area contributed by atoms with Crippen LogP contribution in [-0.2, 0) is 7.05 Å². The summed E-state index contributed by atoms with van der Waals surface area (Å²) in [4.78, 5) is 23.1. The molecular formula is C11H15N3O2. The number of hydrogen-bond acceptors (Lipinski definition) is 3. The van der Waals surface area contributed by atoms with Crippen LogP contribution in [-0.4, -0.2) is 29.6 Å². The molecule has 1 saturated heterocycles. The van der Waals surface area contributed by atoms with Crippen molar-refractivity contribution in [3.63, 3.8) is 0 Å². The molecular weight excluding hydrogens is 206 g/mol. The molecule has 1 aromatic rings. The predicted molar refractivity (Wildman–Crippen MR) is 60.4 cm³/mol. The minimum atomic E-state index is -0.175. The van der Waals surface area contributed by atoms with Crippen molar-refractivity contribution < 1.29 is 4.79 Å². The van der Waals surface area contributed by atoms with Crippen molar-refractivity contribution >= 4 is 5.91 Å². The first-order chi connectivity index (χ1) is 7.66. The van der Waals surface area contributed by atoms with E-state index >= 15 is 0 Å².